The molecular formula is C8H13NO3. The zero-order valence-electron chi connectivity index (χ0n) is 6.90. The average Bonchev–Trinajstić information content (AvgIpc) is 2.80. The smallest absolute Gasteiger partial charge is 0.407 e. The Morgan fingerprint density at radius 3 is 2.67 bits per heavy atom. The van der Waals surface area contributed by atoms with Crippen LogP contribution >= 0.6 is 0 Å². The zero-order chi connectivity index (χ0) is 8.97. The van der Waals surface area contributed by atoms with Crippen LogP contribution in [0.4, 0.5) is 4.79 Å². The van der Waals surface area contributed by atoms with E-state index in [4.69, 9.17) is 5.11 Å². The molecular weight excluding hydrogens is 158 g/mol. The van der Waals surface area contributed by atoms with Gasteiger partial charge in [0.05, 0.1) is 0 Å². The number of carbonyl (C=O) groups is 2. The van der Waals surface area contributed by atoms with Crippen LogP contribution in [0, 0.1) is 0 Å². The van der Waals surface area contributed by atoms with Gasteiger partial charge < -0.3 is 14.8 Å². The molecule has 0 heterocycles. The molecule has 4 heteroatoms. The maximum atomic E-state index is 10.6. The molecule has 1 aliphatic rings. The Morgan fingerprint density at radius 1 is 1.58 bits per heavy atom. The van der Waals surface area contributed by atoms with E-state index >= 15 is 0 Å². The second-order valence-electron chi connectivity index (χ2n) is 3.02. The fraction of sp³-hybridized carbons (Fsp3) is 0.750. The molecule has 68 valence electrons. The minimum absolute atomic E-state index is 0.231. The summed E-state index contributed by atoms with van der Waals surface area (Å²) in [5.74, 6) is 0. The lowest BCUT2D eigenvalue weighted by atomic mass is 10.3. The fourth-order valence-corrected chi connectivity index (χ4v) is 1.17. The summed E-state index contributed by atoms with van der Waals surface area (Å²) in [5.41, 5.74) is 0. The van der Waals surface area contributed by atoms with Gasteiger partial charge >= 0.3 is 6.09 Å². The van der Waals surface area contributed by atoms with Crippen LogP contribution in [0.2, 0.25) is 0 Å². The van der Waals surface area contributed by atoms with Crippen molar-refractivity contribution in [2.75, 3.05) is 6.54 Å². The Bertz CT molecular complexity index is 177. The number of carbonyl (C=O) groups excluding carboxylic acids is 1. The van der Waals surface area contributed by atoms with Gasteiger partial charge in [0.15, 0.2) is 0 Å². The molecule has 0 atom stereocenters. The molecule has 0 aromatic heterocycles. The van der Waals surface area contributed by atoms with Gasteiger partial charge in [-0.15, -0.1) is 0 Å². The highest BCUT2D eigenvalue weighted by molar-refractivity contribution is 5.65. The molecule has 0 saturated heterocycles. The monoisotopic (exact) mass is 171 g/mol. The minimum atomic E-state index is -0.858. The van der Waals surface area contributed by atoms with Crippen molar-refractivity contribution >= 4 is 12.4 Å². The van der Waals surface area contributed by atoms with Gasteiger partial charge in [0, 0.05) is 19.0 Å². The first-order chi connectivity index (χ1) is 5.75. The Morgan fingerprint density at radius 2 is 2.25 bits per heavy atom. The van der Waals surface area contributed by atoms with Gasteiger partial charge in [-0.1, -0.05) is 0 Å². The molecule has 0 aromatic rings. The lowest BCUT2D eigenvalue weighted by Gasteiger charge is -2.17. The summed E-state index contributed by atoms with van der Waals surface area (Å²) in [6.07, 6.45) is 3.03. The second-order valence-corrected chi connectivity index (χ2v) is 3.02. The van der Waals surface area contributed by atoms with E-state index in [-0.39, 0.29) is 6.04 Å². The van der Waals surface area contributed by atoms with Gasteiger partial charge in [-0.2, -0.15) is 0 Å². The van der Waals surface area contributed by atoms with Crippen molar-refractivity contribution in [3.63, 3.8) is 0 Å². The molecule has 1 fully saturated rings. The highest BCUT2D eigenvalue weighted by Gasteiger charge is 2.31. The van der Waals surface area contributed by atoms with E-state index < -0.39 is 6.09 Å². The second kappa shape index (κ2) is 4.09. The van der Waals surface area contributed by atoms with E-state index in [1.165, 1.54) is 4.90 Å². The van der Waals surface area contributed by atoms with Crippen LogP contribution in [0.15, 0.2) is 0 Å². The maximum Gasteiger partial charge on any atom is 0.407 e. The predicted molar refractivity (Wildman–Crippen MR) is 43.1 cm³/mol. The first-order valence-electron chi connectivity index (χ1n) is 4.19. The minimum Gasteiger partial charge on any atom is -0.465 e. The summed E-state index contributed by atoms with van der Waals surface area (Å²) in [5, 5.41) is 8.72. The molecule has 0 aliphatic heterocycles. The summed E-state index contributed by atoms with van der Waals surface area (Å²) in [4.78, 5) is 22.0. The number of nitrogens with zero attached hydrogens (tertiary/aromatic N) is 1. The molecule has 1 aliphatic carbocycles. The van der Waals surface area contributed by atoms with Crippen LogP contribution in [0.5, 0.6) is 0 Å². The third kappa shape index (κ3) is 2.53. The molecule has 1 N–H and O–H groups in total. The molecule has 12 heavy (non-hydrogen) atoms. The van der Waals surface area contributed by atoms with E-state index in [0.29, 0.717) is 19.4 Å². The lowest BCUT2D eigenvalue weighted by molar-refractivity contribution is -0.108. The summed E-state index contributed by atoms with van der Waals surface area (Å²) < 4.78 is 0. The molecule has 0 spiro atoms. The number of hydrogen-bond acceptors (Lipinski definition) is 2. The quantitative estimate of drug-likeness (QED) is 0.498. The van der Waals surface area contributed by atoms with Crippen LogP contribution in [0.25, 0.3) is 0 Å². The van der Waals surface area contributed by atoms with Crippen LogP contribution in [0.1, 0.15) is 25.7 Å². The Hall–Kier alpha value is -1.06. The van der Waals surface area contributed by atoms with Gasteiger partial charge in [-0.25, -0.2) is 4.79 Å². The molecule has 1 rings (SSSR count). The standard InChI is InChI=1S/C8H13NO3/c10-6-2-1-5-9(8(11)12)7-3-4-7/h6-7H,1-5H2,(H,11,12). The number of rotatable bonds is 5. The van der Waals surface area contributed by atoms with E-state index in [9.17, 15) is 9.59 Å². The van der Waals surface area contributed by atoms with Crippen molar-refractivity contribution in [3.8, 4) is 0 Å². The van der Waals surface area contributed by atoms with Crippen LogP contribution in [-0.2, 0) is 4.79 Å². The Labute approximate surface area is 71.2 Å². The number of hydrogen-bond donors (Lipinski definition) is 1. The van der Waals surface area contributed by atoms with Gasteiger partial charge in [0.2, 0.25) is 0 Å². The fourth-order valence-electron chi connectivity index (χ4n) is 1.17. The van der Waals surface area contributed by atoms with Crippen molar-refractivity contribution in [1.82, 2.24) is 4.90 Å². The third-order valence-electron chi connectivity index (χ3n) is 1.95. The Balaban J connectivity index is 2.23. The van der Waals surface area contributed by atoms with Crippen LogP contribution < -0.4 is 0 Å². The largest absolute Gasteiger partial charge is 0.465 e. The van der Waals surface area contributed by atoms with Crippen molar-refractivity contribution in [1.29, 1.82) is 0 Å². The Kier molecular flexibility index (Phi) is 3.08. The molecule has 1 amide bonds. The summed E-state index contributed by atoms with van der Waals surface area (Å²) in [6.45, 7) is 0.499. The first-order valence-corrected chi connectivity index (χ1v) is 4.19. The predicted octanol–water partition coefficient (Wildman–Crippen LogP) is 1.11. The van der Waals surface area contributed by atoms with E-state index in [1.807, 2.05) is 0 Å². The lowest BCUT2D eigenvalue weighted by Crippen LogP contribution is -2.32. The van der Waals surface area contributed by atoms with E-state index in [0.717, 1.165) is 19.1 Å². The van der Waals surface area contributed by atoms with Crippen molar-refractivity contribution in [2.45, 2.75) is 31.7 Å². The van der Waals surface area contributed by atoms with E-state index in [2.05, 4.69) is 0 Å². The number of aldehydes is 1. The molecule has 0 unspecified atom stereocenters. The van der Waals surface area contributed by atoms with E-state index in [1.54, 1.807) is 0 Å². The number of unbranched alkanes of at least 4 members (excludes halogenated alkanes) is 1. The molecule has 4 nitrogen and oxygen atoms in total. The van der Waals surface area contributed by atoms with Gasteiger partial charge in [0.1, 0.15) is 6.29 Å². The first kappa shape index (κ1) is 9.03. The third-order valence-corrected chi connectivity index (χ3v) is 1.95. The molecule has 0 radical (unpaired) electrons. The summed E-state index contributed by atoms with van der Waals surface area (Å²) in [7, 11) is 0. The van der Waals surface area contributed by atoms with Crippen molar-refractivity contribution in [3.05, 3.63) is 0 Å². The van der Waals surface area contributed by atoms with Crippen LogP contribution in [-0.4, -0.2) is 35.0 Å². The van der Waals surface area contributed by atoms with Gasteiger partial charge in [-0.05, 0) is 19.3 Å². The highest BCUT2D eigenvalue weighted by atomic mass is 16.4. The van der Waals surface area contributed by atoms with Crippen molar-refractivity contribution in [2.24, 2.45) is 0 Å². The van der Waals surface area contributed by atoms with Crippen LogP contribution in [0.3, 0.4) is 0 Å². The number of carboxylic acid groups (broad SMARTS) is 1. The molecule has 0 aromatic carbocycles. The molecule has 0 bridgehead atoms. The maximum absolute atomic E-state index is 10.6. The topological polar surface area (TPSA) is 57.6 Å². The SMILES string of the molecule is O=CCCCN(C(=O)O)C1CC1. The normalized spacial score (nSPS) is 15.7. The number of amides is 1. The highest BCUT2D eigenvalue weighted by Crippen LogP contribution is 2.26. The van der Waals surface area contributed by atoms with Crippen molar-refractivity contribution < 1.29 is 14.7 Å². The summed E-state index contributed by atoms with van der Waals surface area (Å²) >= 11 is 0. The summed E-state index contributed by atoms with van der Waals surface area (Å²) in [6, 6.07) is 0.231. The van der Waals surface area contributed by atoms with Gasteiger partial charge in [0.25, 0.3) is 0 Å². The average molecular weight is 171 g/mol. The van der Waals surface area contributed by atoms with Gasteiger partial charge in [-0.3, -0.25) is 0 Å². The molecule has 1 saturated carbocycles. The zero-order valence-corrected chi connectivity index (χ0v) is 6.90.